The summed E-state index contributed by atoms with van der Waals surface area (Å²) in [7, 11) is -3.53. The number of amides is 1. The number of benzene rings is 1. The lowest BCUT2D eigenvalue weighted by Gasteiger charge is -2.22. The van der Waals surface area contributed by atoms with Crippen molar-refractivity contribution in [1.29, 1.82) is 0 Å². The molecule has 3 aromatic rings. The fourth-order valence-corrected chi connectivity index (χ4v) is 3.60. The number of halogens is 1. The monoisotopic (exact) mass is 389 g/mol. The molecule has 0 radical (unpaired) electrons. The first kappa shape index (κ1) is 18.3. The molecule has 26 heavy (non-hydrogen) atoms. The van der Waals surface area contributed by atoms with Crippen LogP contribution in [0.4, 0.5) is 5.82 Å². The van der Waals surface area contributed by atoms with Crippen molar-refractivity contribution < 1.29 is 13.2 Å². The fraction of sp³-hybridized carbons (Fsp3) is 0.167. The van der Waals surface area contributed by atoms with E-state index in [9.17, 15) is 13.2 Å². The standard InChI is InChI=1S/C18H16ClN3O3S/c1-12(23)22(18-16(26(2,24)25)4-3-9-20-18)11-13-5-6-14-7-8-17(19)21-15(14)10-13/h3-10H,11H2,1-2H3. The summed E-state index contributed by atoms with van der Waals surface area (Å²) in [6.07, 6.45) is 2.55. The van der Waals surface area contributed by atoms with Crippen LogP contribution >= 0.6 is 11.6 Å². The number of carbonyl (C=O) groups is 1. The molecule has 134 valence electrons. The Labute approximate surface area is 156 Å². The summed E-state index contributed by atoms with van der Waals surface area (Å²) in [6, 6.07) is 12.1. The lowest BCUT2D eigenvalue weighted by Crippen LogP contribution is -2.30. The lowest BCUT2D eigenvalue weighted by molar-refractivity contribution is -0.116. The molecule has 3 rings (SSSR count). The summed E-state index contributed by atoms with van der Waals surface area (Å²) >= 11 is 5.94. The third kappa shape index (κ3) is 3.84. The average molecular weight is 390 g/mol. The molecule has 0 saturated heterocycles. The van der Waals surface area contributed by atoms with Crippen molar-refractivity contribution in [3.05, 3.63) is 59.4 Å². The van der Waals surface area contributed by atoms with E-state index in [1.165, 1.54) is 30.2 Å². The second-order valence-electron chi connectivity index (χ2n) is 5.86. The Balaban J connectivity index is 2.05. The number of carbonyl (C=O) groups excluding carboxylic acids is 1. The zero-order chi connectivity index (χ0) is 18.9. The largest absolute Gasteiger partial charge is 0.291 e. The summed E-state index contributed by atoms with van der Waals surface area (Å²) in [4.78, 5) is 21.9. The summed E-state index contributed by atoms with van der Waals surface area (Å²) in [6.45, 7) is 1.54. The van der Waals surface area contributed by atoms with Gasteiger partial charge in [-0.15, -0.1) is 0 Å². The van der Waals surface area contributed by atoms with E-state index in [1.807, 2.05) is 24.3 Å². The van der Waals surface area contributed by atoms with E-state index in [-0.39, 0.29) is 23.2 Å². The topological polar surface area (TPSA) is 80.2 Å². The van der Waals surface area contributed by atoms with Crippen LogP contribution < -0.4 is 4.90 Å². The Morgan fingerprint density at radius 3 is 2.62 bits per heavy atom. The molecule has 0 spiro atoms. The molecular weight excluding hydrogens is 374 g/mol. The molecule has 6 nitrogen and oxygen atoms in total. The highest BCUT2D eigenvalue weighted by atomic mass is 35.5. The minimum Gasteiger partial charge on any atom is -0.291 e. The zero-order valence-corrected chi connectivity index (χ0v) is 15.8. The molecule has 0 bridgehead atoms. The van der Waals surface area contributed by atoms with Crippen LogP contribution in [0.25, 0.3) is 10.9 Å². The minimum absolute atomic E-state index is 0.0113. The summed E-state index contributed by atoms with van der Waals surface area (Å²) < 4.78 is 24.1. The third-order valence-electron chi connectivity index (χ3n) is 3.85. The molecule has 0 saturated carbocycles. The van der Waals surface area contributed by atoms with Crippen LogP contribution in [0, 0.1) is 0 Å². The quantitative estimate of drug-likeness (QED) is 0.640. The predicted octanol–water partition coefficient (Wildman–Crippen LogP) is 3.24. The van der Waals surface area contributed by atoms with Gasteiger partial charge in [-0.2, -0.15) is 0 Å². The van der Waals surface area contributed by atoms with Gasteiger partial charge in [0.25, 0.3) is 0 Å². The van der Waals surface area contributed by atoms with Gasteiger partial charge in [0.2, 0.25) is 5.91 Å². The van der Waals surface area contributed by atoms with E-state index in [1.54, 1.807) is 6.07 Å². The molecule has 2 aromatic heterocycles. The van der Waals surface area contributed by atoms with Crippen molar-refractivity contribution in [2.75, 3.05) is 11.2 Å². The molecular formula is C18H16ClN3O3S. The predicted molar refractivity (Wildman–Crippen MR) is 101 cm³/mol. The number of anilines is 1. The highest BCUT2D eigenvalue weighted by Crippen LogP contribution is 2.25. The minimum atomic E-state index is -3.53. The number of sulfone groups is 1. The van der Waals surface area contributed by atoms with Gasteiger partial charge in [0.1, 0.15) is 10.0 Å². The lowest BCUT2D eigenvalue weighted by atomic mass is 10.1. The van der Waals surface area contributed by atoms with Crippen molar-refractivity contribution in [2.45, 2.75) is 18.4 Å². The summed E-state index contributed by atoms with van der Waals surface area (Å²) in [5, 5.41) is 1.30. The molecule has 0 aliphatic heterocycles. The van der Waals surface area contributed by atoms with E-state index >= 15 is 0 Å². The normalized spacial score (nSPS) is 11.5. The maximum absolute atomic E-state index is 12.2. The number of aromatic nitrogens is 2. The second-order valence-corrected chi connectivity index (χ2v) is 8.23. The van der Waals surface area contributed by atoms with Gasteiger partial charge in [-0.25, -0.2) is 18.4 Å². The third-order valence-corrected chi connectivity index (χ3v) is 5.18. The number of rotatable bonds is 4. The van der Waals surface area contributed by atoms with Gasteiger partial charge in [-0.05, 0) is 35.9 Å². The Morgan fingerprint density at radius 1 is 1.19 bits per heavy atom. The molecule has 0 N–H and O–H groups in total. The highest BCUT2D eigenvalue weighted by molar-refractivity contribution is 7.90. The summed E-state index contributed by atoms with van der Waals surface area (Å²) in [5.74, 6) is -0.200. The van der Waals surface area contributed by atoms with Crippen molar-refractivity contribution in [1.82, 2.24) is 9.97 Å². The maximum atomic E-state index is 12.2. The molecule has 8 heteroatoms. The van der Waals surface area contributed by atoms with Gasteiger partial charge in [0, 0.05) is 24.8 Å². The van der Waals surface area contributed by atoms with Crippen LogP contribution in [0.2, 0.25) is 5.15 Å². The van der Waals surface area contributed by atoms with Crippen molar-refractivity contribution in [2.24, 2.45) is 0 Å². The van der Waals surface area contributed by atoms with E-state index in [0.29, 0.717) is 10.7 Å². The van der Waals surface area contributed by atoms with Crippen LogP contribution in [0.15, 0.2) is 53.6 Å². The second kappa shape index (κ2) is 7.01. The van der Waals surface area contributed by atoms with Gasteiger partial charge in [0.15, 0.2) is 15.7 Å². The average Bonchev–Trinajstić information content (AvgIpc) is 2.58. The zero-order valence-electron chi connectivity index (χ0n) is 14.2. The van der Waals surface area contributed by atoms with Crippen LogP contribution in [-0.4, -0.2) is 30.5 Å². The van der Waals surface area contributed by atoms with Gasteiger partial charge in [-0.1, -0.05) is 23.7 Å². The van der Waals surface area contributed by atoms with Gasteiger partial charge < -0.3 is 0 Å². The first-order chi connectivity index (χ1) is 12.3. The maximum Gasteiger partial charge on any atom is 0.225 e. The number of nitrogens with zero attached hydrogens (tertiary/aromatic N) is 3. The van der Waals surface area contributed by atoms with Gasteiger partial charge >= 0.3 is 0 Å². The molecule has 0 unspecified atom stereocenters. The number of hydrogen-bond donors (Lipinski definition) is 0. The van der Waals surface area contributed by atoms with E-state index < -0.39 is 9.84 Å². The van der Waals surface area contributed by atoms with Gasteiger partial charge in [0.05, 0.1) is 12.1 Å². The summed E-state index contributed by atoms with van der Waals surface area (Å²) in [5.41, 5.74) is 1.48. The van der Waals surface area contributed by atoms with Crippen molar-refractivity contribution in [3.63, 3.8) is 0 Å². The van der Waals surface area contributed by atoms with Crippen LogP contribution in [0.3, 0.4) is 0 Å². The van der Waals surface area contributed by atoms with Crippen LogP contribution in [0.5, 0.6) is 0 Å². The number of pyridine rings is 2. The molecule has 0 aliphatic rings. The Bertz CT molecular complexity index is 1100. The molecule has 1 aromatic carbocycles. The molecule has 0 fully saturated rings. The van der Waals surface area contributed by atoms with Crippen molar-refractivity contribution in [3.8, 4) is 0 Å². The van der Waals surface area contributed by atoms with Crippen LogP contribution in [-0.2, 0) is 21.2 Å². The van der Waals surface area contributed by atoms with Gasteiger partial charge in [-0.3, -0.25) is 9.69 Å². The van der Waals surface area contributed by atoms with E-state index in [2.05, 4.69) is 9.97 Å². The molecule has 0 atom stereocenters. The molecule has 0 aliphatic carbocycles. The molecule has 1 amide bonds. The Morgan fingerprint density at radius 2 is 1.92 bits per heavy atom. The smallest absolute Gasteiger partial charge is 0.225 e. The first-order valence-electron chi connectivity index (χ1n) is 7.74. The van der Waals surface area contributed by atoms with Crippen molar-refractivity contribution >= 4 is 44.1 Å². The fourth-order valence-electron chi connectivity index (χ4n) is 2.63. The Kier molecular flexibility index (Phi) is 4.93. The number of fused-ring (bicyclic) bond motifs is 1. The Hall–Kier alpha value is -2.51. The SMILES string of the molecule is CC(=O)N(Cc1ccc2ccc(Cl)nc2c1)c1ncccc1S(C)(=O)=O. The van der Waals surface area contributed by atoms with E-state index in [4.69, 9.17) is 11.6 Å². The molecule has 2 heterocycles. The number of hydrogen-bond acceptors (Lipinski definition) is 5. The highest BCUT2D eigenvalue weighted by Gasteiger charge is 2.22. The first-order valence-corrected chi connectivity index (χ1v) is 10.0. The van der Waals surface area contributed by atoms with Crippen LogP contribution in [0.1, 0.15) is 12.5 Å². The van der Waals surface area contributed by atoms with E-state index in [0.717, 1.165) is 17.2 Å².